The van der Waals surface area contributed by atoms with Crippen LogP contribution in [0.3, 0.4) is 0 Å². The Morgan fingerprint density at radius 1 is 1.38 bits per heavy atom. The van der Waals surface area contributed by atoms with Crippen LogP contribution >= 0.6 is 11.6 Å². The molecular weight excluding hydrogens is 288 g/mol. The molecule has 4 nitrogen and oxygen atoms in total. The first-order valence-corrected chi connectivity index (χ1v) is 7.55. The van der Waals surface area contributed by atoms with Crippen molar-refractivity contribution in [3.05, 3.63) is 29.3 Å². The minimum absolute atomic E-state index is 0.0489. The van der Waals surface area contributed by atoms with Crippen LogP contribution in [0.25, 0.3) is 0 Å². The summed E-state index contributed by atoms with van der Waals surface area (Å²) in [5.41, 5.74) is 3.96. The number of carbonyl (C=O) groups excluding carboxylic acids is 1. The van der Waals surface area contributed by atoms with E-state index in [2.05, 4.69) is 24.4 Å². The summed E-state index contributed by atoms with van der Waals surface area (Å²) in [4.78, 5) is 12.4. The van der Waals surface area contributed by atoms with E-state index in [9.17, 15) is 4.79 Å². The van der Waals surface area contributed by atoms with Crippen LogP contribution in [0.4, 0.5) is 0 Å². The molecule has 5 heteroatoms. The molecule has 1 N–H and O–H groups in total. The van der Waals surface area contributed by atoms with Gasteiger partial charge in [-0.3, -0.25) is 4.79 Å². The van der Waals surface area contributed by atoms with Gasteiger partial charge in [-0.2, -0.15) is 5.10 Å². The second-order valence-electron chi connectivity index (χ2n) is 6.57. The lowest BCUT2D eigenvalue weighted by Crippen LogP contribution is -2.46. The molecule has 1 aromatic carbocycles. The quantitative estimate of drug-likeness (QED) is 0.934. The Labute approximate surface area is 129 Å². The van der Waals surface area contributed by atoms with Gasteiger partial charge in [0.2, 0.25) is 0 Å². The first kappa shape index (κ1) is 14.4. The molecule has 112 valence electrons. The number of rotatable bonds is 3. The molecule has 1 aliphatic heterocycles. The fraction of sp³-hybridized carbons (Fsp3) is 0.500. The van der Waals surface area contributed by atoms with Crippen molar-refractivity contribution in [3.8, 4) is 5.75 Å². The predicted octanol–water partition coefficient (Wildman–Crippen LogP) is 3.05. The second-order valence-corrected chi connectivity index (χ2v) is 7.01. The third-order valence-electron chi connectivity index (χ3n) is 4.11. The smallest absolute Gasteiger partial charge is 0.144 e. The van der Waals surface area contributed by atoms with E-state index >= 15 is 0 Å². The van der Waals surface area contributed by atoms with E-state index < -0.39 is 0 Å². The molecule has 0 spiro atoms. The van der Waals surface area contributed by atoms with E-state index in [0.717, 1.165) is 17.9 Å². The molecule has 1 fully saturated rings. The first-order chi connectivity index (χ1) is 9.94. The van der Waals surface area contributed by atoms with Crippen LogP contribution in [0.15, 0.2) is 29.4 Å². The summed E-state index contributed by atoms with van der Waals surface area (Å²) in [5, 5.41) is 5.00. The molecule has 21 heavy (non-hydrogen) atoms. The van der Waals surface area contributed by atoms with Crippen LogP contribution in [0.1, 0.15) is 26.7 Å². The molecular formula is C16H19ClN2O2. The van der Waals surface area contributed by atoms with E-state index in [1.54, 1.807) is 12.1 Å². The molecule has 1 saturated carbocycles. The summed E-state index contributed by atoms with van der Waals surface area (Å²) >= 11 is 5.84. The molecule has 2 atom stereocenters. The summed E-state index contributed by atoms with van der Waals surface area (Å²) in [6.07, 6.45) is 1.56. The van der Waals surface area contributed by atoms with Gasteiger partial charge in [-0.05, 0) is 36.1 Å². The summed E-state index contributed by atoms with van der Waals surface area (Å²) in [6, 6.07) is 7.30. The predicted molar refractivity (Wildman–Crippen MR) is 82.8 cm³/mol. The maximum absolute atomic E-state index is 12.4. The number of Topliss-reactive ketones (excluding diaryl/α,β-unsaturated/α-hetero) is 1. The molecule has 1 heterocycles. The number of nitrogens with one attached hydrogen (secondary N) is 1. The Morgan fingerprint density at radius 2 is 2.10 bits per heavy atom. The van der Waals surface area contributed by atoms with Crippen molar-refractivity contribution in [3.63, 3.8) is 0 Å². The van der Waals surface area contributed by atoms with Crippen molar-refractivity contribution in [1.82, 2.24) is 5.43 Å². The third-order valence-corrected chi connectivity index (χ3v) is 4.36. The van der Waals surface area contributed by atoms with Gasteiger partial charge in [0.25, 0.3) is 0 Å². The lowest BCUT2D eigenvalue weighted by molar-refractivity contribution is -0.126. The Morgan fingerprint density at radius 3 is 2.81 bits per heavy atom. The van der Waals surface area contributed by atoms with Gasteiger partial charge < -0.3 is 10.2 Å². The van der Waals surface area contributed by atoms with Crippen molar-refractivity contribution in [2.75, 3.05) is 6.61 Å². The van der Waals surface area contributed by atoms with E-state index in [1.807, 2.05) is 12.1 Å². The van der Waals surface area contributed by atoms with Gasteiger partial charge in [0.1, 0.15) is 18.1 Å². The van der Waals surface area contributed by atoms with Gasteiger partial charge in [0, 0.05) is 11.4 Å². The first-order valence-electron chi connectivity index (χ1n) is 7.18. The van der Waals surface area contributed by atoms with E-state index in [1.165, 1.54) is 0 Å². The topological polar surface area (TPSA) is 50.7 Å². The third kappa shape index (κ3) is 3.05. The minimum Gasteiger partial charge on any atom is -0.488 e. The molecule has 0 saturated heterocycles. The van der Waals surface area contributed by atoms with Crippen molar-refractivity contribution in [2.24, 2.45) is 16.4 Å². The molecule has 0 amide bonds. The molecule has 0 bridgehead atoms. The number of ether oxygens (including phenoxy) is 1. The number of benzene rings is 1. The number of hydrogen-bond acceptors (Lipinski definition) is 4. The van der Waals surface area contributed by atoms with Gasteiger partial charge in [-0.25, -0.2) is 0 Å². The fourth-order valence-corrected chi connectivity index (χ4v) is 3.30. The lowest BCUT2D eigenvalue weighted by Gasteiger charge is -2.36. The Balaban J connectivity index is 1.65. The highest BCUT2D eigenvalue weighted by atomic mass is 35.5. The van der Waals surface area contributed by atoms with Gasteiger partial charge in [0.15, 0.2) is 0 Å². The van der Waals surface area contributed by atoms with Crippen LogP contribution in [0, 0.1) is 11.3 Å². The summed E-state index contributed by atoms with van der Waals surface area (Å²) in [6.45, 7) is 4.60. The number of carbonyl (C=O) groups is 1. The Kier molecular flexibility index (Phi) is 3.66. The zero-order valence-corrected chi connectivity index (χ0v) is 13.0. The number of hydrogen-bond donors (Lipinski definition) is 1. The second kappa shape index (κ2) is 5.34. The highest BCUT2D eigenvalue weighted by molar-refractivity contribution is 6.30. The van der Waals surface area contributed by atoms with E-state index in [-0.39, 0.29) is 23.2 Å². The molecule has 2 aliphatic rings. The van der Waals surface area contributed by atoms with Crippen LogP contribution < -0.4 is 10.2 Å². The Bertz CT molecular complexity index is 580. The minimum atomic E-state index is -0.134. The molecule has 1 aliphatic carbocycles. The van der Waals surface area contributed by atoms with Crippen molar-refractivity contribution in [1.29, 1.82) is 0 Å². The highest BCUT2D eigenvalue weighted by Gasteiger charge is 2.45. The van der Waals surface area contributed by atoms with E-state index in [4.69, 9.17) is 16.3 Å². The van der Waals surface area contributed by atoms with Gasteiger partial charge >= 0.3 is 0 Å². The maximum atomic E-state index is 12.4. The van der Waals surface area contributed by atoms with Crippen LogP contribution in [-0.4, -0.2) is 24.1 Å². The van der Waals surface area contributed by atoms with Crippen molar-refractivity contribution in [2.45, 2.75) is 32.7 Å². The Hall–Kier alpha value is -1.55. The zero-order chi connectivity index (χ0) is 15.0. The average Bonchev–Trinajstić information content (AvgIpc) is 2.79. The molecule has 0 unspecified atom stereocenters. The average molecular weight is 307 g/mol. The number of fused-ring (bicyclic) bond motifs is 1. The van der Waals surface area contributed by atoms with Crippen LogP contribution in [0.5, 0.6) is 5.75 Å². The molecule has 3 rings (SSSR count). The van der Waals surface area contributed by atoms with Crippen LogP contribution in [0.2, 0.25) is 5.02 Å². The molecule has 1 aromatic rings. The highest BCUT2D eigenvalue weighted by Crippen LogP contribution is 2.38. The normalized spacial score (nSPS) is 26.8. The SMILES string of the molecule is CC1(C)CC(=O)[C@@H]2C(COc3ccc(Cl)cc3)=NN[C@@H]2C1. The van der Waals surface area contributed by atoms with E-state index in [0.29, 0.717) is 18.1 Å². The summed E-state index contributed by atoms with van der Waals surface area (Å²) in [5.74, 6) is 0.860. The number of halogens is 1. The monoisotopic (exact) mass is 306 g/mol. The molecule has 0 aromatic heterocycles. The lowest BCUT2D eigenvalue weighted by atomic mass is 9.69. The van der Waals surface area contributed by atoms with Gasteiger partial charge in [-0.15, -0.1) is 0 Å². The summed E-state index contributed by atoms with van der Waals surface area (Å²) in [7, 11) is 0. The maximum Gasteiger partial charge on any atom is 0.144 e. The number of nitrogens with zero attached hydrogens (tertiary/aromatic N) is 1. The fourth-order valence-electron chi connectivity index (χ4n) is 3.18. The van der Waals surface area contributed by atoms with Crippen LogP contribution in [-0.2, 0) is 4.79 Å². The molecule has 0 radical (unpaired) electrons. The van der Waals surface area contributed by atoms with Crippen molar-refractivity contribution < 1.29 is 9.53 Å². The number of hydrazone groups is 1. The summed E-state index contributed by atoms with van der Waals surface area (Å²) < 4.78 is 5.71. The largest absolute Gasteiger partial charge is 0.488 e. The van der Waals surface area contributed by atoms with Gasteiger partial charge in [0.05, 0.1) is 17.7 Å². The van der Waals surface area contributed by atoms with Crippen molar-refractivity contribution >= 4 is 23.1 Å². The standard InChI is InChI=1S/C16H19ClN2O2/c1-16(2)7-12-15(14(20)8-16)13(19-18-12)9-21-11-5-3-10(17)4-6-11/h3-6,12,15,18H,7-9H2,1-2H3/t12-,15+/m1/s1. The zero-order valence-electron chi connectivity index (χ0n) is 12.2. The van der Waals surface area contributed by atoms with Gasteiger partial charge in [-0.1, -0.05) is 25.4 Å². The number of ketones is 1.